The zero-order valence-electron chi connectivity index (χ0n) is 9.43. The van der Waals surface area contributed by atoms with Gasteiger partial charge >= 0.3 is 0 Å². The molecule has 2 atom stereocenters. The molecule has 2 fully saturated rings. The minimum atomic E-state index is -0.0596. The standard InChI is InChI=1S/C11H21NO2/c1-9-12-7-10(2,3)11(14-9)5-4-6-13-8-11/h9,12H,4-8H2,1-3H3. The fraction of sp³-hybridized carbons (Fsp3) is 1.00. The predicted molar refractivity (Wildman–Crippen MR) is 55.1 cm³/mol. The Morgan fingerprint density at radius 3 is 2.79 bits per heavy atom. The normalized spacial score (nSPS) is 42.6. The van der Waals surface area contributed by atoms with Crippen LogP contribution in [0, 0.1) is 5.41 Å². The molecule has 2 saturated heterocycles. The van der Waals surface area contributed by atoms with Crippen LogP contribution in [0.4, 0.5) is 0 Å². The molecule has 0 aromatic heterocycles. The highest BCUT2D eigenvalue weighted by Gasteiger charge is 2.50. The molecule has 1 N–H and O–H groups in total. The average molecular weight is 199 g/mol. The molecule has 0 aromatic carbocycles. The molecule has 14 heavy (non-hydrogen) atoms. The fourth-order valence-electron chi connectivity index (χ4n) is 2.50. The van der Waals surface area contributed by atoms with Crippen LogP contribution < -0.4 is 5.32 Å². The molecule has 2 aliphatic rings. The third-order valence-electron chi connectivity index (χ3n) is 3.67. The van der Waals surface area contributed by atoms with Crippen LogP contribution in [0.1, 0.15) is 33.6 Å². The van der Waals surface area contributed by atoms with Gasteiger partial charge in [0.1, 0.15) is 6.23 Å². The Hall–Kier alpha value is -0.120. The first-order valence-electron chi connectivity index (χ1n) is 5.55. The van der Waals surface area contributed by atoms with Crippen molar-refractivity contribution in [2.45, 2.75) is 45.4 Å². The van der Waals surface area contributed by atoms with Gasteiger partial charge in [0.2, 0.25) is 0 Å². The molecule has 0 radical (unpaired) electrons. The molecule has 0 aromatic rings. The first-order valence-corrected chi connectivity index (χ1v) is 5.55. The largest absolute Gasteiger partial charge is 0.378 e. The molecule has 3 heteroatoms. The molecule has 0 saturated carbocycles. The second kappa shape index (κ2) is 3.47. The van der Waals surface area contributed by atoms with E-state index in [4.69, 9.17) is 9.47 Å². The predicted octanol–water partition coefficient (Wildman–Crippen LogP) is 1.53. The summed E-state index contributed by atoms with van der Waals surface area (Å²) in [4.78, 5) is 0. The van der Waals surface area contributed by atoms with E-state index in [1.165, 1.54) is 0 Å². The van der Waals surface area contributed by atoms with Crippen LogP contribution in [-0.4, -0.2) is 31.6 Å². The van der Waals surface area contributed by atoms with Gasteiger partial charge < -0.3 is 9.47 Å². The topological polar surface area (TPSA) is 30.5 Å². The fourth-order valence-corrected chi connectivity index (χ4v) is 2.50. The number of ether oxygens (including phenoxy) is 2. The van der Waals surface area contributed by atoms with Gasteiger partial charge in [-0.1, -0.05) is 13.8 Å². The van der Waals surface area contributed by atoms with Crippen molar-refractivity contribution in [2.24, 2.45) is 5.41 Å². The summed E-state index contributed by atoms with van der Waals surface area (Å²) in [6.45, 7) is 9.26. The van der Waals surface area contributed by atoms with Gasteiger partial charge in [0.25, 0.3) is 0 Å². The van der Waals surface area contributed by atoms with Crippen molar-refractivity contribution in [2.75, 3.05) is 19.8 Å². The first-order chi connectivity index (χ1) is 6.56. The summed E-state index contributed by atoms with van der Waals surface area (Å²) in [5.74, 6) is 0. The second-order valence-electron chi connectivity index (χ2n) is 5.18. The van der Waals surface area contributed by atoms with E-state index >= 15 is 0 Å². The Morgan fingerprint density at radius 1 is 1.36 bits per heavy atom. The van der Waals surface area contributed by atoms with E-state index in [0.29, 0.717) is 0 Å². The molecule has 0 aliphatic carbocycles. The average Bonchev–Trinajstić information content (AvgIpc) is 2.14. The van der Waals surface area contributed by atoms with Gasteiger partial charge in [0, 0.05) is 18.6 Å². The van der Waals surface area contributed by atoms with Crippen molar-refractivity contribution in [3.63, 3.8) is 0 Å². The number of hydrogen-bond donors (Lipinski definition) is 1. The van der Waals surface area contributed by atoms with Gasteiger partial charge in [-0.25, -0.2) is 0 Å². The first kappa shape index (κ1) is 10.4. The molecule has 3 nitrogen and oxygen atoms in total. The van der Waals surface area contributed by atoms with Crippen LogP contribution in [0.3, 0.4) is 0 Å². The monoisotopic (exact) mass is 199 g/mol. The SMILES string of the molecule is CC1NCC(C)(C)C2(CCCOC2)O1. The summed E-state index contributed by atoms with van der Waals surface area (Å²) in [5, 5.41) is 3.37. The lowest BCUT2D eigenvalue weighted by Gasteiger charge is -2.53. The summed E-state index contributed by atoms with van der Waals surface area (Å²) in [6.07, 6.45) is 2.41. The van der Waals surface area contributed by atoms with Crippen LogP contribution in [0.15, 0.2) is 0 Å². The van der Waals surface area contributed by atoms with E-state index in [0.717, 1.165) is 32.6 Å². The van der Waals surface area contributed by atoms with E-state index in [2.05, 4.69) is 26.1 Å². The lowest BCUT2D eigenvalue weighted by molar-refractivity contribution is -0.237. The van der Waals surface area contributed by atoms with Gasteiger partial charge in [-0.3, -0.25) is 5.32 Å². The Bertz CT molecular complexity index is 209. The van der Waals surface area contributed by atoms with Gasteiger partial charge in [-0.05, 0) is 19.8 Å². The van der Waals surface area contributed by atoms with Crippen molar-refractivity contribution in [3.8, 4) is 0 Å². The highest BCUT2D eigenvalue weighted by atomic mass is 16.6. The molecule has 2 unspecified atom stereocenters. The molecular weight excluding hydrogens is 178 g/mol. The second-order valence-corrected chi connectivity index (χ2v) is 5.18. The lowest BCUT2D eigenvalue weighted by atomic mass is 9.70. The zero-order valence-corrected chi connectivity index (χ0v) is 9.43. The van der Waals surface area contributed by atoms with Crippen molar-refractivity contribution in [1.29, 1.82) is 0 Å². The van der Waals surface area contributed by atoms with E-state index in [1.807, 2.05) is 0 Å². The van der Waals surface area contributed by atoms with Crippen LogP contribution in [0.25, 0.3) is 0 Å². The number of hydrogen-bond acceptors (Lipinski definition) is 3. The Kier molecular flexibility index (Phi) is 2.58. The maximum atomic E-state index is 6.09. The zero-order chi connectivity index (χ0) is 10.2. The third-order valence-corrected chi connectivity index (χ3v) is 3.67. The molecule has 2 heterocycles. The Balaban J connectivity index is 2.18. The van der Waals surface area contributed by atoms with Crippen molar-refractivity contribution in [1.82, 2.24) is 5.32 Å². The summed E-state index contributed by atoms with van der Waals surface area (Å²) >= 11 is 0. The molecule has 0 bridgehead atoms. The van der Waals surface area contributed by atoms with Crippen LogP contribution >= 0.6 is 0 Å². The highest BCUT2D eigenvalue weighted by Crippen LogP contribution is 2.42. The minimum absolute atomic E-state index is 0.0596. The molecule has 2 aliphatic heterocycles. The van der Waals surface area contributed by atoms with E-state index in [1.54, 1.807) is 0 Å². The molecule has 0 amide bonds. The summed E-state index contributed by atoms with van der Waals surface area (Å²) < 4.78 is 11.7. The molecular formula is C11H21NO2. The van der Waals surface area contributed by atoms with Crippen molar-refractivity contribution < 1.29 is 9.47 Å². The maximum absolute atomic E-state index is 6.09. The maximum Gasteiger partial charge on any atom is 0.106 e. The van der Waals surface area contributed by atoms with E-state index in [9.17, 15) is 0 Å². The molecule has 1 spiro atoms. The molecule has 2 rings (SSSR count). The number of rotatable bonds is 0. The van der Waals surface area contributed by atoms with E-state index < -0.39 is 0 Å². The Labute approximate surface area is 86.2 Å². The molecule has 82 valence electrons. The van der Waals surface area contributed by atoms with Crippen molar-refractivity contribution >= 4 is 0 Å². The minimum Gasteiger partial charge on any atom is -0.378 e. The van der Waals surface area contributed by atoms with Gasteiger partial charge in [-0.15, -0.1) is 0 Å². The lowest BCUT2D eigenvalue weighted by Crippen LogP contribution is -2.64. The summed E-state index contributed by atoms with van der Waals surface area (Å²) in [7, 11) is 0. The van der Waals surface area contributed by atoms with Crippen LogP contribution in [0.5, 0.6) is 0 Å². The van der Waals surface area contributed by atoms with Crippen LogP contribution in [0.2, 0.25) is 0 Å². The van der Waals surface area contributed by atoms with Crippen molar-refractivity contribution in [3.05, 3.63) is 0 Å². The van der Waals surface area contributed by atoms with E-state index in [-0.39, 0.29) is 17.2 Å². The van der Waals surface area contributed by atoms with Gasteiger partial charge in [-0.2, -0.15) is 0 Å². The number of nitrogens with one attached hydrogen (secondary N) is 1. The highest BCUT2D eigenvalue weighted by molar-refractivity contribution is 5.00. The Morgan fingerprint density at radius 2 is 2.14 bits per heavy atom. The third kappa shape index (κ3) is 1.58. The smallest absolute Gasteiger partial charge is 0.106 e. The van der Waals surface area contributed by atoms with Crippen LogP contribution in [-0.2, 0) is 9.47 Å². The summed E-state index contributed by atoms with van der Waals surface area (Å²) in [6, 6.07) is 0. The van der Waals surface area contributed by atoms with Gasteiger partial charge in [0.15, 0.2) is 0 Å². The quantitative estimate of drug-likeness (QED) is 0.641. The summed E-state index contributed by atoms with van der Waals surface area (Å²) in [5.41, 5.74) is 0.107. The van der Waals surface area contributed by atoms with Gasteiger partial charge in [0.05, 0.1) is 12.2 Å².